The Morgan fingerprint density at radius 2 is 0.625 bits per heavy atom. The van der Waals surface area contributed by atoms with Crippen molar-refractivity contribution >= 4 is 11.4 Å². The molecule has 6 nitrogen and oxygen atoms in total. The van der Waals surface area contributed by atoms with Gasteiger partial charge in [0.1, 0.15) is 23.0 Å². The highest BCUT2D eigenvalue weighted by Gasteiger charge is 2.26. The zero-order chi connectivity index (χ0) is 38.7. The zero-order valence-corrected chi connectivity index (χ0v) is 29.9. The molecule has 6 heteroatoms. The molecule has 56 heavy (non-hydrogen) atoms. The van der Waals surface area contributed by atoms with Crippen LogP contribution in [0.15, 0.2) is 158 Å². The monoisotopic (exact) mass is 724 g/mol. The van der Waals surface area contributed by atoms with E-state index in [4.69, 9.17) is 20.9 Å². The smallest absolute Gasteiger partial charge is 0.188 e. The highest BCUT2D eigenvalue weighted by molar-refractivity contribution is 5.78. The molecular formula is C50H32N2O4. The van der Waals surface area contributed by atoms with Crippen molar-refractivity contribution in [2.24, 2.45) is 0 Å². The number of rotatable bonds is 4. The molecule has 0 radical (unpaired) electrons. The molecule has 7 aromatic rings. The van der Waals surface area contributed by atoms with Crippen LogP contribution in [-0.2, 0) is 0 Å². The third-order valence-electron chi connectivity index (χ3n) is 8.27. The van der Waals surface area contributed by atoms with Gasteiger partial charge in [0.05, 0.1) is 33.6 Å². The minimum atomic E-state index is -0.104. The Labute approximate surface area is 325 Å². The lowest BCUT2D eigenvalue weighted by atomic mass is 9.93. The third-order valence-corrected chi connectivity index (χ3v) is 8.27. The van der Waals surface area contributed by atoms with Crippen LogP contribution in [0.3, 0.4) is 0 Å². The fourth-order valence-electron chi connectivity index (χ4n) is 5.44. The maximum Gasteiger partial charge on any atom is 0.188 e. The summed E-state index contributed by atoms with van der Waals surface area (Å²) in [5.74, 6) is 27.3. The van der Waals surface area contributed by atoms with E-state index in [1.54, 1.807) is 12.1 Å². The topological polar surface area (TPSA) is 111 Å². The predicted octanol–water partition coefficient (Wildman–Crippen LogP) is 9.45. The first-order chi connectivity index (χ1) is 27.4. The average Bonchev–Trinajstić information content (AvgIpc) is 3.23. The molecule has 7 rings (SSSR count). The average molecular weight is 725 g/mol. The molecule has 0 bridgehead atoms. The maximum absolute atomic E-state index is 10.3. The van der Waals surface area contributed by atoms with E-state index in [1.165, 1.54) is 24.3 Å². The predicted molar refractivity (Wildman–Crippen MR) is 221 cm³/mol. The van der Waals surface area contributed by atoms with Gasteiger partial charge in [0.15, 0.2) is 11.5 Å². The molecule has 0 saturated carbocycles. The van der Waals surface area contributed by atoms with Crippen molar-refractivity contribution in [3.8, 4) is 81.9 Å². The molecule has 0 unspecified atom stereocenters. The highest BCUT2D eigenvalue weighted by atomic mass is 16.5. The largest absolute Gasteiger partial charge is 0.506 e. The summed E-state index contributed by atoms with van der Waals surface area (Å²) < 4.78 is 13.4. The molecular weight excluding hydrogens is 693 g/mol. The van der Waals surface area contributed by atoms with E-state index >= 15 is 0 Å². The Kier molecular flexibility index (Phi) is 10.9. The second kappa shape index (κ2) is 16.9. The summed E-state index contributed by atoms with van der Waals surface area (Å²) in [7, 11) is 0. The lowest BCUT2D eigenvalue weighted by molar-refractivity contribution is 0.414. The number of nitrogens with two attached hydrogens (primary N) is 2. The van der Waals surface area contributed by atoms with Crippen LogP contribution < -0.4 is 20.9 Å². The van der Waals surface area contributed by atoms with Gasteiger partial charge < -0.3 is 31.2 Å². The fourth-order valence-corrected chi connectivity index (χ4v) is 5.44. The summed E-state index contributed by atoms with van der Waals surface area (Å²) in [4.78, 5) is 0. The second-order valence-electron chi connectivity index (χ2n) is 12.3. The standard InChI is InChI=1S/C50H32N2O4/c51-45-33-39(25-31-47(45)53)55-49-43(29-23-37-17-9-3-10-18-37)41(27-21-35-13-5-1-6-14-35)42(28-22-36-15-7-2-8-16-36)44(30-24-38-19-11-4-12-20-38)50(49)56-40-26-32-48(54)46(52)34-40/h1-20,25-26,31-34,53-54H,51-52H2. The molecule has 0 spiro atoms. The molecule has 266 valence electrons. The molecule has 0 aliphatic carbocycles. The molecule has 0 aromatic heterocycles. The Morgan fingerprint density at radius 1 is 0.339 bits per heavy atom. The first kappa shape index (κ1) is 36.0. The number of aromatic hydroxyl groups is 2. The van der Waals surface area contributed by atoms with Crippen molar-refractivity contribution in [2.45, 2.75) is 0 Å². The molecule has 0 atom stereocenters. The molecule has 0 heterocycles. The van der Waals surface area contributed by atoms with Gasteiger partial charge in [0, 0.05) is 34.4 Å². The summed E-state index contributed by atoms with van der Waals surface area (Å²) in [6, 6.07) is 47.2. The van der Waals surface area contributed by atoms with Gasteiger partial charge in [-0.25, -0.2) is 0 Å². The Bertz CT molecular complexity index is 2600. The number of phenolic OH excluding ortho intramolecular Hbond substituents is 2. The van der Waals surface area contributed by atoms with Gasteiger partial charge >= 0.3 is 0 Å². The summed E-state index contributed by atoms with van der Waals surface area (Å²) >= 11 is 0. The van der Waals surface area contributed by atoms with Crippen LogP contribution in [0.5, 0.6) is 34.5 Å². The Hall–Kier alpha value is -8.42. The minimum Gasteiger partial charge on any atom is -0.506 e. The van der Waals surface area contributed by atoms with Crippen LogP contribution in [0.1, 0.15) is 44.5 Å². The van der Waals surface area contributed by atoms with Crippen molar-refractivity contribution in [3.63, 3.8) is 0 Å². The van der Waals surface area contributed by atoms with Crippen LogP contribution >= 0.6 is 0 Å². The van der Waals surface area contributed by atoms with Crippen LogP contribution in [0.25, 0.3) is 0 Å². The minimum absolute atomic E-state index is 0.103. The number of nitrogen functional groups attached to an aromatic ring is 2. The Balaban J connectivity index is 1.64. The van der Waals surface area contributed by atoms with Crippen LogP contribution in [0, 0.1) is 47.4 Å². The van der Waals surface area contributed by atoms with Gasteiger partial charge in [-0.15, -0.1) is 0 Å². The van der Waals surface area contributed by atoms with Gasteiger partial charge in [-0.2, -0.15) is 0 Å². The van der Waals surface area contributed by atoms with Crippen LogP contribution in [0.2, 0.25) is 0 Å². The molecule has 0 fully saturated rings. The molecule has 0 aliphatic rings. The number of benzene rings is 7. The first-order valence-electron chi connectivity index (χ1n) is 17.5. The number of hydrogen-bond donors (Lipinski definition) is 4. The summed E-state index contributed by atoms with van der Waals surface area (Å²) in [6.07, 6.45) is 0. The van der Waals surface area contributed by atoms with Crippen molar-refractivity contribution in [1.82, 2.24) is 0 Å². The lowest BCUT2D eigenvalue weighted by Gasteiger charge is -2.20. The van der Waals surface area contributed by atoms with Crippen molar-refractivity contribution in [3.05, 3.63) is 202 Å². The molecule has 0 aliphatic heterocycles. The quantitative estimate of drug-likeness (QED) is 0.0818. The van der Waals surface area contributed by atoms with Crippen LogP contribution in [-0.4, -0.2) is 10.2 Å². The summed E-state index contributed by atoms with van der Waals surface area (Å²) in [5, 5.41) is 20.6. The van der Waals surface area contributed by atoms with Crippen molar-refractivity contribution in [2.75, 3.05) is 11.5 Å². The summed E-state index contributed by atoms with van der Waals surface area (Å²) in [6.45, 7) is 0. The normalized spacial score (nSPS) is 9.86. The lowest BCUT2D eigenvalue weighted by Crippen LogP contribution is -2.04. The number of phenols is 2. The Morgan fingerprint density at radius 3 is 0.911 bits per heavy atom. The van der Waals surface area contributed by atoms with E-state index in [0.717, 1.165) is 22.3 Å². The van der Waals surface area contributed by atoms with Gasteiger partial charge in [-0.3, -0.25) is 0 Å². The number of hydrogen-bond acceptors (Lipinski definition) is 6. The second-order valence-corrected chi connectivity index (χ2v) is 12.3. The van der Waals surface area contributed by atoms with Crippen molar-refractivity contribution in [1.29, 1.82) is 0 Å². The van der Waals surface area contributed by atoms with E-state index in [2.05, 4.69) is 47.4 Å². The zero-order valence-electron chi connectivity index (χ0n) is 29.9. The van der Waals surface area contributed by atoms with E-state index < -0.39 is 0 Å². The molecule has 7 aromatic carbocycles. The summed E-state index contributed by atoms with van der Waals surface area (Å²) in [5.41, 5.74) is 17.1. The number of ether oxygens (including phenoxy) is 2. The van der Waals surface area contributed by atoms with Gasteiger partial charge in [0.25, 0.3) is 0 Å². The van der Waals surface area contributed by atoms with E-state index in [9.17, 15) is 10.2 Å². The number of anilines is 2. The highest BCUT2D eigenvalue weighted by Crippen LogP contribution is 2.45. The molecule has 0 saturated heterocycles. The van der Waals surface area contributed by atoms with Gasteiger partial charge in [-0.1, -0.05) is 120 Å². The fraction of sp³-hybridized carbons (Fsp3) is 0. The van der Waals surface area contributed by atoms with E-state index in [0.29, 0.717) is 22.3 Å². The first-order valence-corrected chi connectivity index (χ1v) is 17.5. The molecule has 6 N–H and O–H groups in total. The van der Waals surface area contributed by atoms with Crippen LogP contribution in [0.4, 0.5) is 11.4 Å². The van der Waals surface area contributed by atoms with Gasteiger partial charge in [0.2, 0.25) is 0 Å². The molecule has 0 amide bonds. The SMILES string of the molecule is Nc1cc(Oc2c(C#Cc3ccccc3)c(C#Cc3ccccc3)c(C#Cc3ccccc3)c(C#Cc3ccccc3)c2Oc2ccc(O)c(N)c2)ccc1O. The third kappa shape index (κ3) is 8.78. The van der Waals surface area contributed by atoms with E-state index in [-0.39, 0.29) is 45.9 Å². The van der Waals surface area contributed by atoms with Crippen molar-refractivity contribution < 1.29 is 19.7 Å². The maximum atomic E-state index is 10.3. The van der Waals surface area contributed by atoms with E-state index in [1.807, 2.05) is 121 Å². The van der Waals surface area contributed by atoms with Gasteiger partial charge in [-0.05, 0) is 72.8 Å².